The maximum absolute atomic E-state index is 14.2. The highest BCUT2D eigenvalue weighted by atomic mass is 35.5. The third-order valence-corrected chi connectivity index (χ3v) is 13.4. The van der Waals surface area contributed by atoms with Crippen molar-refractivity contribution in [3.8, 4) is 18.0 Å². The third kappa shape index (κ3) is 7.81. The Morgan fingerprint density at radius 3 is 1.82 bits per heavy atom. The van der Waals surface area contributed by atoms with Gasteiger partial charge in [-0.1, -0.05) is 54.1 Å². The molecule has 4 aromatic rings. The van der Waals surface area contributed by atoms with E-state index in [1.54, 1.807) is 46.3 Å². The van der Waals surface area contributed by atoms with Gasteiger partial charge in [0.05, 0.1) is 65.9 Å². The minimum atomic E-state index is -1.06. The zero-order valence-electron chi connectivity index (χ0n) is 32.8. The fourth-order valence-corrected chi connectivity index (χ4v) is 10.9. The number of alkyl halides is 2. The monoisotopic (exact) mass is 836 g/mol. The summed E-state index contributed by atoms with van der Waals surface area (Å²) in [5.41, 5.74) is 1.94. The number of benzene rings is 2. The molecule has 8 fully saturated rings. The van der Waals surface area contributed by atoms with Crippen LogP contribution < -0.4 is 4.74 Å². The second-order valence-electron chi connectivity index (χ2n) is 17.6. The maximum atomic E-state index is 14.2. The van der Waals surface area contributed by atoms with E-state index in [-0.39, 0.29) is 72.1 Å². The van der Waals surface area contributed by atoms with Gasteiger partial charge in [0.1, 0.15) is 23.3 Å². The van der Waals surface area contributed by atoms with E-state index in [0.29, 0.717) is 60.0 Å². The number of ether oxygens (including phenoxy) is 1. The highest BCUT2D eigenvalue weighted by molar-refractivity contribution is 6.29. The highest BCUT2D eigenvalue weighted by Gasteiger charge is 2.73. The standard InChI is InChI=1S/C23H22FN3O2.C17H19F2NO2.C6H3ClN2/c24-18-9-19(17-4-2-1-3-5-17)27(11-18)21(28)23-12-22(13-23,14-23)15-29-20-8-16(10-25)6-7-26-20;18-12-3-1-2-11(4-12)14-5-13(19)6-20(14)15(22)17-7-16(8-17,9-17)10-21;7-6-3-5(4-8)1-2-9-6/h1-8,18-19H,9,11-15H2;1-4,13-14,21H,5-10H2;1-3H. The van der Waals surface area contributed by atoms with Crippen molar-refractivity contribution in [1.29, 1.82) is 10.5 Å². The summed E-state index contributed by atoms with van der Waals surface area (Å²) >= 11 is 5.46. The van der Waals surface area contributed by atoms with E-state index in [1.807, 2.05) is 36.4 Å². The first kappa shape index (κ1) is 41.2. The number of aromatic nitrogens is 2. The molecule has 6 aliphatic carbocycles. The van der Waals surface area contributed by atoms with Crippen LogP contribution in [0.4, 0.5) is 13.2 Å². The van der Waals surface area contributed by atoms with E-state index < -0.39 is 17.8 Å². The van der Waals surface area contributed by atoms with E-state index in [9.17, 15) is 27.9 Å². The van der Waals surface area contributed by atoms with Gasteiger partial charge in [-0.25, -0.2) is 23.1 Å². The van der Waals surface area contributed by atoms with Crippen molar-refractivity contribution in [2.24, 2.45) is 21.7 Å². The van der Waals surface area contributed by atoms with Gasteiger partial charge >= 0.3 is 0 Å². The number of halogens is 4. The van der Waals surface area contributed by atoms with Crippen LogP contribution in [0.5, 0.6) is 5.88 Å². The lowest BCUT2D eigenvalue weighted by atomic mass is 9.35. The van der Waals surface area contributed by atoms with Crippen LogP contribution in [0, 0.1) is 50.1 Å². The van der Waals surface area contributed by atoms with E-state index >= 15 is 0 Å². The van der Waals surface area contributed by atoms with Crippen molar-refractivity contribution in [2.75, 3.05) is 26.3 Å². The third-order valence-electron chi connectivity index (χ3n) is 13.2. The molecule has 12 rings (SSSR count). The van der Waals surface area contributed by atoms with Crippen LogP contribution in [0.15, 0.2) is 91.3 Å². The lowest BCUT2D eigenvalue weighted by molar-refractivity contribution is -0.229. The Hall–Kier alpha value is -5.50. The molecule has 4 heterocycles. The first-order chi connectivity index (χ1) is 28.8. The van der Waals surface area contributed by atoms with Gasteiger partial charge in [0, 0.05) is 43.3 Å². The second-order valence-corrected chi connectivity index (χ2v) is 18.0. The molecular weight excluding hydrogens is 793 g/mol. The molecule has 10 nitrogen and oxygen atoms in total. The number of pyridine rings is 2. The quantitative estimate of drug-likeness (QED) is 0.176. The predicted molar refractivity (Wildman–Crippen MR) is 214 cm³/mol. The molecule has 8 aliphatic rings. The average molecular weight is 837 g/mol. The number of likely N-dealkylation sites (tertiary alicyclic amines) is 2. The molecule has 2 aliphatic heterocycles. The lowest BCUT2D eigenvalue weighted by Crippen LogP contribution is -2.69. The summed E-state index contributed by atoms with van der Waals surface area (Å²) in [5, 5.41) is 27.0. The summed E-state index contributed by atoms with van der Waals surface area (Å²) in [4.78, 5) is 37.3. The molecule has 2 amide bonds. The molecule has 2 saturated heterocycles. The number of rotatable bonds is 8. The molecule has 4 unspecified atom stereocenters. The number of aliphatic hydroxyl groups excluding tert-OH is 1. The second kappa shape index (κ2) is 16.2. The first-order valence-electron chi connectivity index (χ1n) is 20.1. The van der Waals surface area contributed by atoms with Crippen LogP contribution in [-0.4, -0.2) is 75.3 Å². The fourth-order valence-electron chi connectivity index (χ4n) is 10.7. The summed E-state index contributed by atoms with van der Waals surface area (Å²) in [7, 11) is 0. The maximum Gasteiger partial charge on any atom is 0.229 e. The Morgan fingerprint density at radius 1 is 0.750 bits per heavy atom. The van der Waals surface area contributed by atoms with Gasteiger partial charge in [0.2, 0.25) is 17.7 Å². The number of amides is 2. The van der Waals surface area contributed by atoms with Gasteiger partial charge in [-0.15, -0.1) is 0 Å². The van der Waals surface area contributed by atoms with Gasteiger partial charge in [-0.05, 0) is 85.4 Å². The molecule has 0 radical (unpaired) electrons. The summed E-state index contributed by atoms with van der Waals surface area (Å²) in [6.45, 7) is 0.904. The van der Waals surface area contributed by atoms with Crippen molar-refractivity contribution in [1.82, 2.24) is 19.8 Å². The molecule has 2 aromatic heterocycles. The van der Waals surface area contributed by atoms with Crippen LogP contribution in [0.1, 0.15) is 85.7 Å². The zero-order valence-corrected chi connectivity index (χ0v) is 33.6. The SMILES string of the molecule is N#Cc1ccnc(Cl)c1.N#Cc1ccnc(OCC23CC(C(=O)N4CC(F)CC4c4ccccc4)(C2)C3)c1.O=C(N1CC(F)CC1c1cccc(F)c1)C12CC(CO)(C1)C2. The van der Waals surface area contributed by atoms with Crippen LogP contribution in [0.25, 0.3) is 0 Å². The van der Waals surface area contributed by atoms with Crippen molar-refractivity contribution in [3.05, 3.63) is 124 Å². The molecule has 0 spiro atoms. The van der Waals surface area contributed by atoms with E-state index in [0.717, 1.165) is 24.8 Å². The molecule has 2 aromatic carbocycles. The number of carbonyl (C=O) groups is 2. The van der Waals surface area contributed by atoms with Gasteiger partial charge in [-0.3, -0.25) is 9.59 Å². The van der Waals surface area contributed by atoms with Gasteiger partial charge in [0.15, 0.2) is 0 Å². The predicted octanol–water partition coefficient (Wildman–Crippen LogP) is 8.02. The molecule has 1 N–H and O–H groups in total. The molecule has 60 heavy (non-hydrogen) atoms. The van der Waals surface area contributed by atoms with Crippen molar-refractivity contribution >= 4 is 23.4 Å². The number of nitriles is 2. The van der Waals surface area contributed by atoms with Gasteiger partial charge in [-0.2, -0.15) is 10.5 Å². The van der Waals surface area contributed by atoms with E-state index in [1.165, 1.54) is 24.4 Å². The van der Waals surface area contributed by atoms with Crippen LogP contribution >= 0.6 is 11.6 Å². The van der Waals surface area contributed by atoms with Crippen LogP contribution in [-0.2, 0) is 9.59 Å². The zero-order chi connectivity index (χ0) is 42.3. The summed E-state index contributed by atoms with van der Waals surface area (Å²) in [5.74, 6) is 0.158. The number of hydrogen-bond acceptors (Lipinski definition) is 8. The highest BCUT2D eigenvalue weighted by Crippen LogP contribution is 2.75. The van der Waals surface area contributed by atoms with Crippen molar-refractivity contribution in [3.63, 3.8) is 0 Å². The van der Waals surface area contributed by atoms with Crippen molar-refractivity contribution in [2.45, 2.75) is 75.8 Å². The molecule has 4 atom stereocenters. The summed E-state index contributed by atoms with van der Waals surface area (Å²) in [6.07, 6.45) is 6.12. The Kier molecular flexibility index (Phi) is 11.1. The van der Waals surface area contributed by atoms with Crippen molar-refractivity contribution < 1.29 is 32.6 Å². The topological polar surface area (TPSA) is 143 Å². The molecule has 310 valence electrons. The number of hydrogen-bond donors (Lipinski definition) is 1. The number of nitrogens with zero attached hydrogens (tertiary/aromatic N) is 6. The number of aliphatic hydroxyl groups is 1. The average Bonchev–Trinajstić information content (AvgIpc) is 3.79. The summed E-state index contributed by atoms with van der Waals surface area (Å²) in [6, 6.07) is 25.7. The Bertz CT molecular complexity index is 2320. The van der Waals surface area contributed by atoms with E-state index in [2.05, 4.69) is 16.0 Å². The van der Waals surface area contributed by atoms with Gasteiger partial charge < -0.3 is 19.6 Å². The Morgan fingerprint density at radius 2 is 1.28 bits per heavy atom. The van der Waals surface area contributed by atoms with Crippen LogP contribution in [0.2, 0.25) is 5.15 Å². The minimum Gasteiger partial charge on any atom is -0.477 e. The normalized spacial score (nSPS) is 31.2. The Balaban J connectivity index is 0.000000141. The lowest BCUT2D eigenvalue weighted by Gasteiger charge is -2.69. The molecule has 6 saturated carbocycles. The fraction of sp³-hybridized carbons (Fsp3) is 0.435. The van der Waals surface area contributed by atoms with Crippen LogP contribution in [0.3, 0.4) is 0 Å². The first-order valence-corrected chi connectivity index (χ1v) is 20.5. The molecule has 14 heteroatoms. The molecular formula is C46H44ClF3N6O4. The minimum absolute atomic E-state index is 0.0110. The van der Waals surface area contributed by atoms with E-state index in [4.69, 9.17) is 26.9 Å². The van der Waals surface area contributed by atoms with Gasteiger partial charge in [0.25, 0.3) is 0 Å². The number of carbonyl (C=O) groups excluding carboxylic acids is 2. The summed E-state index contributed by atoms with van der Waals surface area (Å²) < 4.78 is 47.3. The smallest absolute Gasteiger partial charge is 0.229 e. The Labute approximate surface area is 351 Å². The molecule has 4 bridgehead atoms. The largest absolute Gasteiger partial charge is 0.477 e.